The van der Waals surface area contributed by atoms with Gasteiger partial charge in [-0.3, -0.25) is 24.4 Å². The molecular weight excluding hydrogens is 332 g/mol. The second kappa shape index (κ2) is 7.23. The van der Waals surface area contributed by atoms with Crippen LogP contribution in [0.5, 0.6) is 0 Å². The van der Waals surface area contributed by atoms with Gasteiger partial charge in [-0.25, -0.2) is 5.06 Å². The highest BCUT2D eigenvalue weighted by Gasteiger charge is 2.50. The number of nitrogens with zero attached hydrogens (tertiary/aromatic N) is 4. The van der Waals surface area contributed by atoms with Crippen molar-refractivity contribution in [2.75, 3.05) is 46.4 Å². The van der Waals surface area contributed by atoms with E-state index in [-0.39, 0.29) is 17.6 Å². The SMILES string of the molecule is Cc1cccc(CN2CC3(C2)CN(C)C(C(=O)N2CCCCO2)CO3)n1. The van der Waals surface area contributed by atoms with Gasteiger partial charge in [0.15, 0.2) is 0 Å². The van der Waals surface area contributed by atoms with Crippen molar-refractivity contribution in [3.63, 3.8) is 0 Å². The summed E-state index contributed by atoms with van der Waals surface area (Å²) in [5.74, 6) is 0.0298. The lowest BCUT2D eigenvalue weighted by Crippen LogP contribution is -2.72. The van der Waals surface area contributed by atoms with Crippen LogP contribution in [0, 0.1) is 6.92 Å². The predicted molar refractivity (Wildman–Crippen MR) is 96.3 cm³/mol. The molecule has 3 saturated heterocycles. The Morgan fingerprint density at radius 1 is 1.31 bits per heavy atom. The Labute approximate surface area is 154 Å². The number of morpholine rings is 1. The van der Waals surface area contributed by atoms with Gasteiger partial charge in [0.25, 0.3) is 5.91 Å². The minimum Gasteiger partial charge on any atom is -0.369 e. The van der Waals surface area contributed by atoms with Crippen molar-refractivity contribution in [1.82, 2.24) is 19.8 Å². The van der Waals surface area contributed by atoms with E-state index in [0.717, 1.165) is 50.4 Å². The fraction of sp³-hybridized carbons (Fsp3) is 0.684. The molecule has 4 rings (SSSR count). The molecule has 1 atom stereocenters. The second-order valence-corrected chi connectivity index (χ2v) is 7.82. The van der Waals surface area contributed by atoms with Crippen LogP contribution < -0.4 is 0 Å². The molecule has 0 radical (unpaired) electrons. The van der Waals surface area contributed by atoms with Crippen molar-refractivity contribution >= 4 is 5.91 Å². The van der Waals surface area contributed by atoms with Gasteiger partial charge in [0.2, 0.25) is 0 Å². The third kappa shape index (κ3) is 3.62. The molecule has 1 spiro atoms. The standard InChI is InChI=1S/C19H28N4O3/c1-15-6-5-7-16(20-15)10-22-13-19(14-22)12-21(2)17(11-25-19)18(24)23-8-3-4-9-26-23/h5-7,17H,3-4,8-14H2,1-2H3. The van der Waals surface area contributed by atoms with Crippen LogP contribution in [0.4, 0.5) is 0 Å². The van der Waals surface area contributed by atoms with E-state index in [4.69, 9.17) is 9.57 Å². The number of hydrogen-bond acceptors (Lipinski definition) is 6. The maximum absolute atomic E-state index is 12.7. The normalized spacial score (nSPS) is 26.7. The maximum atomic E-state index is 12.7. The zero-order chi connectivity index (χ0) is 18.1. The van der Waals surface area contributed by atoms with Crippen LogP contribution in [-0.2, 0) is 20.9 Å². The Kier molecular flexibility index (Phi) is 4.96. The molecule has 3 aliphatic rings. The molecule has 1 aromatic rings. The van der Waals surface area contributed by atoms with E-state index in [9.17, 15) is 4.79 Å². The first-order chi connectivity index (χ1) is 12.5. The van der Waals surface area contributed by atoms with Crippen LogP contribution in [0.1, 0.15) is 24.2 Å². The van der Waals surface area contributed by atoms with Crippen LogP contribution in [0.15, 0.2) is 18.2 Å². The molecule has 4 heterocycles. The molecule has 0 bridgehead atoms. The zero-order valence-electron chi connectivity index (χ0n) is 15.7. The van der Waals surface area contributed by atoms with E-state index in [0.29, 0.717) is 19.8 Å². The highest BCUT2D eigenvalue weighted by atomic mass is 16.7. The summed E-state index contributed by atoms with van der Waals surface area (Å²) < 4.78 is 6.18. The summed E-state index contributed by atoms with van der Waals surface area (Å²) in [6.07, 6.45) is 2.03. The van der Waals surface area contributed by atoms with E-state index < -0.39 is 0 Å². The van der Waals surface area contributed by atoms with Gasteiger partial charge in [-0.15, -0.1) is 0 Å². The largest absolute Gasteiger partial charge is 0.369 e. The summed E-state index contributed by atoms with van der Waals surface area (Å²) in [4.78, 5) is 27.2. The summed E-state index contributed by atoms with van der Waals surface area (Å²) in [6, 6.07) is 5.89. The second-order valence-electron chi connectivity index (χ2n) is 7.82. The number of likely N-dealkylation sites (tertiary alicyclic amines) is 1. The van der Waals surface area contributed by atoms with Gasteiger partial charge in [0, 0.05) is 38.4 Å². The number of aryl methyl sites for hydroxylation is 1. The van der Waals surface area contributed by atoms with Crippen LogP contribution in [0.25, 0.3) is 0 Å². The lowest BCUT2D eigenvalue weighted by Gasteiger charge is -2.55. The third-order valence-electron chi connectivity index (χ3n) is 5.51. The Bertz CT molecular complexity index is 656. The monoisotopic (exact) mass is 360 g/mol. The highest BCUT2D eigenvalue weighted by Crippen LogP contribution is 2.32. The Morgan fingerprint density at radius 2 is 2.15 bits per heavy atom. The minimum absolute atomic E-state index is 0.0298. The van der Waals surface area contributed by atoms with Crippen LogP contribution in [-0.4, -0.2) is 83.8 Å². The van der Waals surface area contributed by atoms with Crippen molar-refractivity contribution in [1.29, 1.82) is 0 Å². The molecule has 7 nitrogen and oxygen atoms in total. The summed E-state index contributed by atoms with van der Waals surface area (Å²) >= 11 is 0. The van der Waals surface area contributed by atoms with Gasteiger partial charge in [0.05, 0.1) is 18.9 Å². The van der Waals surface area contributed by atoms with Crippen LogP contribution in [0.3, 0.4) is 0 Å². The Balaban J connectivity index is 1.29. The predicted octanol–water partition coefficient (Wildman–Crippen LogP) is 0.829. The quantitative estimate of drug-likeness (QED) is 0.796. The lowest BCUT2D eigenvalue weighted by molar-refractivity contribution is -0.224. The fourth-order valence-electron chi connectivity index (χ4n) is 4.18. The van der Waals surface area contributed by atoms with Gasteiger partial charge in [-0.1, -0.05) is 6.07 Å². The lowest BCUT2D eigenvalue weighted by atomic mass is 9.90. The van der Waals surface area contributed by atoms with Crippen molar-refractivity contribution < 1.29 is 14.4 Å². The number of hydroxylamine groups is 2. The molecule has 26 heavy (non-hydrogen) atoms. The van der Waals surface area contributed by atoms with Crippen molar-refractivity contribution in [3.05, 3.63) is 29.6 Å². The number of carbonyl (C=O) groups is 1. The molecule has 0 N–H and O–H groups in total. The molecule has 1 unspecified atom stereocenters. The Hall–Kier alpha value is -1.54. The number of carbonyl (C=O) groups excluding carboxylic acids is 1. The first-order valence-electron chi connectivity index (χ1n) is 9.48. The highest BCUT2D eigenvalue weighted by molar-refractivity contribution is 5.81. The minimum atomic E-state index is -0.244. The molecule has 0 aliphatic carbocycles. The number of pyridine rings is 1. The topological polar surface area (TPSA) is 58.1 Å². The first kappa shape index (κ1) is 17.9. The van der Waals surface area contributed by atoms with Crippen molar-refractivity contribution in [3.8, 4) is 0 Å². The molecule has 0 saturated carbocycles. The van der Waals surface area contributed by atoms with Crippen molar-refractivity contribution in [2.45, 2.75) is 38.0 Å². The van der Waals surface area contributed by atoms with E-state index in [1.165, 1.54) is 5.06 Å². The van der Waals surface area contributed by atoms with Gasteiger partial charge in [0.1, 0.15) is 11.6 Å². The van der Waals surface area contributed by atoms with E-state index in [2.05, 4.69) is 26.9 Å². The number of rotatable bonds is 3. The summed E-state index contributed by atoms with van der Waals surface area (Å²) in [7, 11) is 2.02. The van der Waals surface area contributed by atoms with Crippen molar-refractivity contribution in [2.24, 2.45) is 0 Å². The number of hydrogen-bond donors (Lipinski definition) is 0. The average molecular weight is 360 g/mol. The average Bonchev–Trinajstić information content (AvgIpc) is 2.61. The fourth-order valence-corrected chi connectivity index (χ4v) is 4.18. The Morgan fingerprint density at radius 3 is 2.85 bits per heavy atom. The molecule has 3 fully saturated rings. The zero-order valence-corrected chi connectivity index (χ0v) is 15.7. The molecule has 0 aromatic carbocycles. The van der Waals surface area contributed by atoms with Gasteiger partial charge in [-0.05, 0) is 38.9 Å². The number of amides is 1. The van der Waals surface area contributed by atoms with Crippen LogP contribution in [0.2, 0.25) is 0 Å². The third-order valence-corrected chi connectivity index (χ3v) is 5.51. The van der Waals surface area contributed by atoms with Gasteiger partial charge in [-0.2, -0.15) is 0 Å². The van der Waals surface area contributed by atoms with E-state index in [1.54, 1.807) is 0 Å². The van der Waals surface area contributed by atoms with Crippen LogP contribution >= 0.6 is 0 Å². The van der Waals surface area contributed by atoms with Gasteiger partial charge < -0.3 is 4.74 Å². The maximum Gasteiger partial charge on any atom is 0.265 e. The summed E-state index contributed by atoms with van der Waals surface area (Å²) in [5.41, 5.74) is 1.99. The molecule has 1 amide bonds. The molecular formula is C19H28N4O3. The molecule has 1 aromatic heterocycles. The summed E-state index contributed by atoms with van der Waals surface area (Å²) in [5, 5.41) is 1.53. The summed E-state index contributed by atoms with van der Waals surface area (Å²) in [6.45, 7) is 7.16. The first-order valence-corrected chi connectivity index (χ1v) is 9.48. The van der Waals surface area contributed by atoms with E-state index >= 15 is 0 Å². The number of aromatic nitrogens is 1. The smallest absolute Gasteiger partial charge is 0.265 e. The van der Waals surface area contributed by atoms with Gasteiger partial charge >= 0.3 is 0 Å². The van der Waals surface area contributed by atoms with E-state index in [1.807, 2.05) is 20.0 Å². The number of likely N-dealkylation sites (N-methyl/N-ethyl adjacent to an activating group) is 1. The molecule has 142 valence electrons. The molecule has 7 heteroatoms. The molecule has 3 aliphatic heterocycles. The number of ether oxygens (including phenoxy) is 1.